The molecule has 1 atom stereocenters. The molecule has 0 aliphatic rings. The average molecular weight is 270 g/mol. The zero-order valence-electron chi connectivity index (χ0n) is 11.8. The Bertz CT molecular complexity index is 377. The fraction of sp³-hybridized carbons (Fsp3) is 0.571. The van der Waals surface area contributed by atoms with Gasteiger partial charge in [0.1, 0.15) is 0 Å². The lowest BCUT2D eigenvalue weighted by atomic mass is 10.1. The zero-order valence-corrected chi connectivity index (χ0v) is 12.5. The number of benzene rings is 1. The summed E-state index contributed by atoms with van der Waals surface area (Å²) in [5, 5.41) is 0.807. The Morgan fingerprint density at radius 1 is 1.22 bits per heavy atom. The minimum atomic E-state index is 0.139. The van der Waals surface area contributed by atoms with E-state index in [1.807, 2.05) is 13.0 Å². The monoisotopic (exact) mass is 269 g/mol. The molecule has 0 spiro atoms. The Morgan fingerprint density at radius 2 is 1.89 bits per heavy atom. The van der Waals surface area contributed by atoms with Crippen LogP contribution in [-0.4, -0.2) is 45.2 Å². The lowest BCUT2D eigenvalue weighted by Gasteiger charge is -2.22. The number of hydrogen-bond acceptors (Lipinski definition) is 3. The predicted octanol–water partition coefficient (Wildman–Crippen LogP) is 2.23. The van der Waals surface area contributed by atoms with E-state index in [0.717, 1.165) is 35.8 Å². The van der Waals surface area contributed by atoms with Crippen LogP contribution in [-0.2, 0) is 6.42 Å². The van der Waals surface area contributed by atoms with Crippen LogP contribution in [0, 0.1) is 0 Å². The summed E-state index contributed by atoms with van der Waals surface area (Å²) in [5.41, 5.74) is 8.07. The molecule has 0 radical (unpaired) electrons. The number of hydrogen-bond donors (Lipinski definition) is 1. The highest BCUT2D eigenvalue weighted by Crippen LogP contribution is 2.23. The zero-order chi connectivity index (χ0) is 13.7. The van der Waals surface area contributed by atoms with Gasteiger partial charge in [-0.3, -0.25) is 0 Å². The van der Waals surface area contributed by atoms with Gasteiger partial charge in [0.05, 0.1) is 0 Å². The fourth-order valence-corrected chi connectivity index (χ4v) is 2.02. The first kappa shape index (κ1) is 15.3. The summed E-state index contributed by atoms with van der Waals surface area (Å²) in [6.45, 7) is 4.00. The molecule has 0 heterocycles. The van der Waals surface area contributed by atoms with Crippen molar-refractivity contribution in [1.29, 1.82) is 0 Å². The van der Waals surface area contributed by atoms with Crippen molar-refractivity contribution >= 4 is 17.3 Å². The van der Waals surface area contributed by atoms with Crippen LogP contribution in [0.2, 0.25) is 5.02 Å². The summed E-state index contributed by atoms with van der Waals surface area (Å²) < 4.78 is 0. The summed E-state index contributed by atoms with van der Waals surface area (Å²) in [6, 6.07) is 6.35. The van der Waals surface area contributed by atoms with Gasteiger partial charge in [0.2, 0.25) is 0 Å². The van der Waals surface area contributed by atoms with Crippen LogP contribution in [0.15, 0.2) is 18.2 Å². The van der Waals surface area contributed by atoms with E-state index in [9.17, 15) is 0 Å². The van der Waals surface area contributed by atoms with Gasteiger partial charge in [-0.2, -0.15) is 0 Å². The molecule has 1 aromatic carbocycles. The molecule has 0 amide bonds. The maximum atomic E-state index is 6.29. The highest BCUT2D eigenvalue weighted by Gasteiger charge is 2.07. The minimum absolute atomic E-state index is 0.139. The van der Waals surface area contributed by atoms with Crippen LogP contribution in [0.25, 0.3) is 0 Å². The fourth-order valence-electron chi connectivity index (χ4n) is 1.77. The molecule has 0 bridgehead atoms. The van der Waals surface area contributed by atoms with Crippen LogP contribution in [0.3, 0.4) is 0 Å². The van der Waals surface area contributed by atoms with Gasteiger partial charge in [0.15, 0.2) is 0 Å². The van der Waals surface area contributed by atoms with Crippen molar-refractivity contribution in [2.75, 3.05) is 39.1 Å². The second kappa shape index (κ2) is 6.98. The van der Waals surface area contributed by atoms with E-state index in [4.69, 9.17) is 17.3 Å². The molecular weight excluding hydrogens is 246 g/mol. The number of nitrogens with two attached hydrogens (primary N) is 1. The van der Waals surface area contributed by atoms with Gasteiger partial charge in [-0.15, -0.1) is 0 Å². The highest BCUT2D eigenvalue weighted by atomic mass is 35.5. The van der Waals surface area contributed by atoms with E-state index in [0.29, 0.717) is 0 Å². The van der Waals surface area contributed by atoms with Gasteiger partial charge in [0, 0.05) is 36.9 Å². The Kier molecular flexibility index (Phi) is 5.93. The molecule has 4 heteroatoms. The molecular formula is C14H24ClN3. The smallest absolute Gasteiger partial charge is 0.0459 e. The summed E-state index contributed by atoms with van der Waals surface area (Å²) in [7, 11) is 6.24. The second-order valence-corrected chi connectivity index (χ2v) is 5.59. The Hall–Kier alpha value is -0.770. The van der Waals surface area contributed by atoms with Gasteiger partial charge in [0.25, 0.3) is 0 Å². The molecule has 0 aliphatic carbocycles. The first-order chi connectivity index (χ1) is 8.40. The molecule has 1 rings (SSSR count). The average Bonchev–Trinajstić information content (AvgIpc) is 2.28. The van der Waals surface area contributed by atoms with E-state index >= 15 is 0 Å². The van der Waals surface area contributed by atoms with Crippen LogP contribution in [0.1, 0.15) is 12.5 Å². The molecule has 18 heavy (non-hydrogen) atoms. The van der Waals surface area contributed by atoms with E-state index in [-0.39, 0.29) is 6.04 Å². The quantitative estimate of drug-likeness (QED) is 0.860. The Labute approximate surface area is 116 Å². The van der Waals surface area contributed by atoms with E-state index in [2.05, 4.69) is 43.1 Å². The first-order valence-corrected chi connectivity index (χ1v) is 6.68. The molecule has 0 saturated heterocycles. The molecule has 0 saturated carbocycles. The van der Waals surface area contributed by atoms with Crippen LogP contribution in [0.5, 0.6) is 0 Å². The van der Waals surface area contributed by atoms with Crippen molar-refractivity contribution in [3.8, 4) is 0 Å². The Morgan fingerprint density at radius 3 is 2.39 bits per heavy atom. The third kappa shape index (κ3) is 4.84. The van der Waals surface area contributed by atoms with Gasteiger partial charge in [-0.1, -0.05) is 17.7 Å². The van der Waals surface area contributed by atoms with E-state index in [1.54, 1.807) is 0 Å². The van der Waals surface area contributed by atoms with Crippen molar-refractivity contribution in [2.45, 2.75) is 19.4 Å². The number of rotatable bonds is 6. The van der Waals surface area contributed by atoms with Crippen LogP contribution >= 0.6 is 11.6 Å². The Balaban J connectivity index is 2.71. The number of nitrogens with zero attached hydrogens (tertiary/aromatic N) is 2. The maximum absolute atomic E-state index is 6.29. The lowest BCUT2D eigenvalue weighted by molar-refractivity contribution is 0.416. The number of anilines is 1. The minimum Gasteiger partial charge on any atom is -0.373 e. The van der Waals surface area contributed by atoms with Crippen molar-refractivity contribution < 1.29 is 0 Å². The van der Waals surface area contributed by atoms with E-state index < -0.39 is 0 Å². The van der Waals surface area contributed by atoms with Crippen molar-refractivity contribution in [1.82, 2.24) is 4.90 Å². The number of likely N-dealkylation sites (N-methyl/N-ethyl adjacent to an activating group) is 2. The second-order valence-electron chi connectivity index (χ2n) is 5.18. The topological polar surface area (TPSA) is 32.5 Å². The van der Waals surface area contributed by atoms with Crippen LogP contribution < -0.4 is 10.6 Å². The molecule has 1 unspecified atom stereocenters. The molecule has 0 aliphatic heterocycles. The lowest BCUT2D eigenvalue weighted by Crippen LogP contribution is -2.28. The molecule has 0 fully saturated rings. The van der Waals surface area contributed by atoms with Crippen molar-refractivity contribution in [3.63, 3.8) is 0 Å². The number of halogens is 1. The van der Waals surface area contributed by atoms with Crippen LogP contribution in [0.4, 0.5) is 5.69 Å². The summed E-state index contributed by atoms with van der Waals surface area (Å²) >= 11 is 6.29. The largest absolute Gasteiger partial charge is 0.373 e. The van der Waals surface area contributed by atoms with Crippen molar-refractivity contribution in [3.05, 3.63) is 28.8 Å². The SMILES string of the molecule is CC(N)Cc1ccc(N(C)CCN(C)C)cc1Cl. The van der Waals surface area contributed by atoms with Gasteiger partial charge >= 0.3 is 0 Å². The predicted molar refractivity (Wildman–Crippen MR) is 80.6 cm³/mol. The van der Waals surface area contributed by atoms with Crippen molar-refractivity contribution in [2.24, 2.45) is 5.73 Å². The maximum Gasteiger partial charge on any atom is 0.0459 e. The molecule has 1 aromatic rings. The standard InChI is InChI=1S/C14H24ClN3/c1-11(16)9-12-5-6-13(10-14(12)15)18(4)8-7-17(2)3/h5-6,10-11H,7-9,16H2,1-4H3. The third-order valence-electron chi connectivity index (χ3n) is 2.90. The van der Waals surface area contributed by atoms with Gasteiger partial charge in [-0.05, 0) is 45.1 Å². The highest BCUT2D eigenvalue weighted by molar-refractivity contribution is 6.31. The van der Waals surface area contributed by atoms with Gasteiger partial charge < -0.3 is 15.5 Å². The molecule has 2 N–H and O–H groups in total. The normalized spacial score (nSPS) is 12.8. The summed E-state index contributed by atoms with van der Waals surface area (Å²) in [6.07, 6.45) is 0.820. The first-order valence-electron chi connectivity index (χ1n) is 6.30. The molecule has 0 aromatic heterocycles. The molecule has 3 nitrogen and oxygen atoms in total. The summed E-state index contributed by atoms with van der Waals surface area (Å²) in [4.78, 5) is 4.38. The third-order valence-corrected chi connectivity index (χ3v) is 3.25. The molecule has 102 valence electrons. The van der Waals surface area contributed by atoms with Gasteiger partial charge in [-0.25, -0.2) is 0 Å². The summed E-state index contributed by atoms with van der Waals surface area (Å²) in [5.74, 6) is 0. The van der Waals surface area contributed by atoms with E-state index in [1.165, 1.54) is 0 Å².